The maximum absolute atomic E-state index is 12.5. The maximum Gasteiger partial charge on any atom is 0.259 e. The number of nitrogens with one attached hydrogen (secondary N) is 2. The molecular formula is C18H16N4O3. The third-order valence-corrected chi connectivity index (χ3v) is 3.83. The van der Waals surface area contributed by atoms with Crippen molar-refractivity contribution in [1.29, 1.82) is 0 Å². The van der Waals surface area contributed by atoms with Gasteiger partial charge in [-0.25, -0.2) is 0 Å². The molecule has 0 saturated carbocycles. The van der Waals surface area contributed by atoms with Crippen molar-refractivity contribution < 1.29 is 14.7 Å². The Morgan fingerprint density at radius 3 is 2.60 bits per heavy atom. The van der Waals surface area contributed by atoms with E-state index in [0.717, 1.165) is 5.39 Å². The van der Waals surface area contributed by atoms with Crippen LogP contribution in [0.4, 0.5) is 22.7 Å². The molecule has 0 aliphatic rings. The Morgan fingerprint density at radius 1 is 1.08 bits per heavy atom. The molecule has 3 rings (SSSR count). The van der Waals surface area contributed by atoms with Gasteiger partial charge >= 0.3 is 0 Å². The van der Waals surface area contributed by atoms with E-state index in [1.807, 2.05) is 6.07 Å². The summed E-state index contributed by atoms with van der Waals surface area (Å²) in [5.74, 6) is -0.810. The molecule has 7 N–H and O–H groups in total. The molecule has 25 heavy (non-hydrogen) atoms. The molecule has 0 heterocycles. The van der Waals surface area contributed by atoms with E-state index in [0.29, 0.717) is 28.9 Å². The second kappa shape index (κ2) is 6.40. The van der Waals surface area contributed by atoms with Crippen LogP contribution in [0.15, 0.2) is 48.5 Å². The van der Waals surface area contributed by atoms with Crippen LogP contribution in [0, 0.1) is 0 Å². The van der Waals surface area contributed by atoms with Crippen molar-refractivity contribution in [1.82, 2.24) is 0 Å². The Hall–Kier alpha value is -3.74. The predicted molar refractivity (Wildman–Crippen MR) is 98.5 cm³/mol. The lowest BCUT2D eigenvalue weighted by Gasteiger charge is -2.12. The first kappa shape index (κ1) is 16.1. The SMILES string of the molecule is Nc1ccc(NC(=O)c2cc3ccccc3c(N)c2O)cc1NC=O. The van der Waals surface area contributed by atoms with E-state index in [4.69, 9.17) is 11.5 Å². The minimum atomic E-state index is -0.531. The first-order valence-corrected chi connectivity index (χ1v) is 7.42. The normalized spacial score (nSPS) is 10.4. The second-order valence-corrected chi connectivity index (χ2v) is 5.43. The van der Waals surface area contributed by atoms with Gasteiger partial charge in [-0.05, 0) is 29.7 Å². The van der Waals surface area contributed by atoms with E-state index in [-0.39, 0.29) is 17.0 Å². The number of carbonyl (C=O) groups is 2. The van der Waals surface area contributed by atoms with Crippen molar-refractivity contribution in [3.8, 4) is 5.75 Å². The molecule has 7 nitrogen and oxygen atoms in total. The smallest absolute Gasteiger partial charge is 0.259 e. The van der Waals surface area contributed by atoms with Gasteiger partial charge in [0.15, 0.2) is 5.75 Å². The summed E-state index contributed by atoms with van der Waals surface area (Å²) >= 11 is 0. The number of fused-ring (bicyclic) bond motifs is 1. The summed E-state index contributed by atoms with van der Waals surface area (Å²) in [4.78, 5) is 23.1. The van der Waals surface area contributed by atoms with Crippen LogP contribution in [0.1, 0.15) is 10.4 Å². The summed E-state index contributed by atoms with van der Waals surface area (Å²) in [6.45, 7) is 0. The van der Waals surface area contributed by atoms with Crippen LogP contribution in [0.3, 0.4) is 0 Å². The number of carbonyl (C=O) groups excluding carboxylic acids is 2. The van der Waals surface area contributed by atoms with Gasteiger partial charge in [-0.3, -0.25) is 9.59 Å². The lowest BCUT2D eigenvalue weighted by molar-refractivity contribution is -0.105. The van der Waals surface area contributed by atoms with Crippen LogP contribution >= 0.6 is 0 Å². The molecule has 7 heteroatoms. The van der Waals surface area contributed by atoms with Crippen LogP contribution in [-0.2, 0) is 4.79 Å². The summed E-state index contributed by atoms with van der Waals surface area (Å²) in [5, 5.41) is 16.8. The Kier molecular flexibility index (Phi) is 4.13. The zero-order valence-corrected chi connectivity index (χ0v) is 13.1. The van der Waals surface area contributed by atoms with Crippen molar-refractivity contribution in [3.63, 3.8) is 0 Å². The summed E-state index contributed by atoms with van der Waals surface area (Å²) < 4.78 is 0. The number of amides is 2. The molecule has 0 saturated heterocycles. The first-order valence-electron chi connectivity index (χ1n) is 7.42. The third-order valence-electron chi connectivity index (χ3n) is 3.83. The molecule has 0 aliphatic heterocycles. The van der Waals surface area contributed by atoms with Crippen molar-refractivity contribution in [2.24, 2.45) is 0 Å². The number of hydrogen-bond acceptors (Lipinski definition) is 5. The number of nitrogens with two attached hydrogens (primary N) is 2. The van der Waals surface area contributed by atoms with Gasteiger partial charge in [-0.15, -0.1) is 0 Å². The van der Waals surface area contributed by atoms with Gasteiger partial charge in [-0.1, -0.05) is 24.3 Å². The van der Waals surface area contributed by atoms with Gasteiger partial charge in [0.25, 0.3) is 5.91 Å². The maximum atomic E-state index is 12.5. The van der Waals surface area contributed by atoms with Crippen molar-refractivity contribution in [2.45, 2.75) is 0 Å². The van der Waals surface area contributed by atoms with Gasteiger partial charge in [0.1, 0.15) is 0 Å². The minimum absolute atomic E-state index is 0.0536. The molecule has 0 aromatic heterocycles. The third kappa shape index (κ3) is 3.02. The van der Waals surface area contributed by atoms with E-state index in [2.05, 4.69) is 10.6 Å². The fraction of sp³-hybridized carbons (Fsp3) is 0. The lowest BCUT2D eigenvalue weighted by atomic mass is 10.0. The number of phenols is 1. The minimum Gasteiger partial charge on any atom is -0.505 e. The van der Waals surface area contributed by atoms with Crippen LogP contribution in [-0.4, -0.2) is 17.4 Å². The van der Waals surface area contributed by atoms with E-state index >= 15 is 0 Å². The fourth-order valence-electron chi connectivity index (χ4n) is 2.56. The van der Waals surface area contributed by atoms with E-state index in [1.165, 1.54) is 6.07 Å². The molecule has 126 valence electrons. The molecular weight excluding hydrogens is 320 g/mol. The average Bonchev–Trinajstić information content (AvgIpc) is 2.61. The molecule has 0 bridgehead atoms. The topological polar surface area (TPSA) is 130 Å². The molecule has 0 spiro atoms. The van der Waals surface area contributed by atoms with Gasteiger partial charge in [0.05, 0.1) is 22.6 Å². The Balaban J connectivity index is 1.96. The van der Waals surface area contributed by atoms with Crippen molar-refractivity contribution in [2.75, 3.05) is 22.1 Å². The highest BCUT2D eigenvalue weighted by atomic mass is 16.3. The molecule has 0 fully saturated rings. The highest BCUT2D eigenvalue weighted by molar-refractivity contribution is 6.12. The lowest BCUT2D eigenvalue weighted by Crippen LogP contribution is -2.13. The van der Waals surface area contributed by atoms with Crippen LogP contribution in [0.5, 0.6) is 5.75 Å². The highest BCUT2D eigenvalue weighted by Gasteiger charge is 2.17. The molecule has 3 aromatic rings. The number of benzene rings is 3. The zero-order valence-electron chi connectivity index (χ0n) is 13.1. The van der Waals surface area contributed by atoms with Crippen LogP contribution < -0.4 is 22.1 Å². The van der Waals surface area contributed by atoms with Crippen LogP contribution in [0.2, 0.25) is 0 Å². The summed E-state index contributed by atoms with van der Waals surface area (Å²) in [5.41, 5.74) is 13.0. The highest BCUT2D eigenvalue weighted by Crippen LogP contribution is 2.34. The van der Waals surface area contributed by atoms with Gasteiger partial charge in [0.2, 0.25) is 6.41 Å². The Labute approximate surface area is 143 Å². The standard InChI is InChI=1S/C18H16N4O3/c19-14-6-5-11(8-15(14)21-9-23)22-18(25)13-7-10-3-1-2-4-12(10)16(20)17(13)24/h1-9,24H,19-20H2,(H,21,23)(H,22,25). The first-order chi connectivity index (χ1) is 12.0. The number of rotatable bonds is 4. The second-order valence-electron chi connectivity index (χ2n) is 5.43. The number of aromatic hydroxyl groups is 1. The van der Waals surface area contributed by atoms with Crippen molar-refractivity contribution >= 4 is 45.8 Å². The Bertz CT molecular complexity index is 985. The molecule has 3 aromatic carbocycles. The average molecular weight is 336 g/mol. The Morgan fingerprint density at radius 2 is 1.84 bits per heavy atom. The number of phenolic OH excluding ortho intramolecular Hbond substituents is 1. The quantitative estimate of drug-likeness (QED) is 0.284. The fourth-order valence-corrected chi connectivity index (χ4v) is 2.56. The summed E-state index contributed by atoms with van der Waals surface area (Å²) in [6, 6.07) is 13.4. The van der Waals surface area contributed by atoms with Crippen molar-refractivity contribution in [3.05, 3.63) is 54.1 Å². The van der Waals surface area contributed by atoms with E-state index in [1.54, 1.807) is 36.4 Å². The molecule has 0 atom stereocenters. The van der Waals surface area contributed by atoms with E-state index < -0.39 is 5.91 Å². The summed E-state index contributed by atoms with van der Waals surface area (Å²) in [7, 11) is 0. The van der Waals surface area contributed by atoms with Crippen LogP contribution in [0.25, 0.3) is 10.8 Å². The zero-order chi connectivity index (χ0) is 18.0. The largest absolute Gasteiger partial charge is 0.505 e. The van der Waals surface area contributed by atoms with Gasteiger partial charge in [0, 0.05) is 11.1 Å². The number of hydrogen-bond donors (Lipinski definition) is 5. The molecule has 0 aliphatic carbocycles. The molecule has 2 amide bonds. The summed E-state index contributed by atoms with van der Waals surface area (Å²) in [6.07, 6.45) is 0.493. The predicted octanol–water partition coefficient (Wildman–Crippen LogP) is 2.53. The van der Waals surface area contributed by atoms with Gasteiger partial charge in [-0.2, -0.15) is 0 Å². The van der Waals surface area contributed by atoms with Gasteiger partial charge < -0.3 is 27.2 Å². The molecule has 0 unspecified atom stereocenters. The van der Waals surface area contributed by atoms with E-state index in [9.17, 15) is 14.7 Å². The monoisotopic (exact) mass is 336 g/mol. The number of nitrogen functional groups attached to an aromatic ring is 2. The number of anilines is 4. The molecule has 0 radical (unpaired) electrons.